The summed E-state index contributed by atoms with van der Waals surface area (Å²) in [7, 11) is 5.30. The summed E-state index contributed by atoms with van der Waals surface area (Å²) in [5.74, 6) is -2.56. The number of methoxy groups -OCH3 is 2. The zero-order valence-corrected chi connectivity index (χ0v) is 38.6. The van der Waals surface area contributed by atoms with E-state index >= 15 is 0 Å². The highest BCUT2D eigenvalue weighted by Crippen LogP contribution is 2.47. The van der Waals surface area contributed by atoms with E-state index < -0.39 is 66.4 Å². The first kappa shape index (κ1) is 47.6. The molecule has 4 saturated heterocycles. The Labute approximate surface area is 368 Å². The molecule has 0 unspecified atom stereocenters. The van der Waals surface area contributed by atoms with E-state index in [1.807, 2.05) is 39.1 Å². The summed E-state index contributed by atoms with van der Waals surface area (Å²) in [6.45, 7) is 16.3. The number of hydrogen-bond acceptors (Lipinski definition) is 14. The van der Waals surface area contributed by atoms with Gasteiger partial charge in [-0.1, -0.05) is 64.2 Å². The van der Waals surface area contributed by atoms with Crippen LogP contribution >= 0.6 is 0 Å². The summed E-state index contributed by atoms with van der Waals surface area (Å²) in [5, 5.41) is 27.0. The van der Waals surface area contributed by atoms with Crippen LogP contribution in [0.5, 0.6) is 0 Å². The van der Waals surface area contributed by atoms with Crippen LogP contribution in [0.4, 0.5) is 0 Å². The van der Waals surface area contributed by atoms with E-state index in [9.17, 15) is 15.0 Å². The second-order valence-electron chi connectivity index (χ2n) is 19.1. The maximum Gasteiger partial charge on any atom is 0.316 e. The number of esters is 1. The number of fused-ring (bicyclic) bond motifs is 2. The van der Waals surface area contributed by atoms with Gasteiger partial charge in [0.05, 0.1) is 55.4 Å². The van der Waals surface area contributed by atoms with E-state index in [4.69, 9.17) is 47.4 Å². The van der Waals surface area contributed by atoms with Crippen LogP contribution in [-0.4, -0.2) is 141 Å². The van der Waals surface area contributed by atoms with Gasteiger partial charge < -0.3 is 62.9 Å². The second kappa shape index (κ2) is 19.7. The fourth-order valence-electron chi connectivity index (χ4n) is 10.9. The van der Waals surface area contributed by atoms with Crippen LogP contribution in [0.2, 0.25) is 0 Å². The number of carbonyl (C=O) groups is 1. The first-order chi connectivity index (χ1) is 29.5. The minimum absolute atomic E-state index is 0.0407. The molecular formula is C48H73NO13. The lowest BCUT2D eigenvalue weighted by Gasteiger charge is -2.48. The largest absolute Gasteiger partial charge is 0.462 e. The Morgan fingerprint density at radius 2 is 1.60 bits per heavy atom. The Bertz CT molecular complexity index is 1730. The summed E-state index contributed by atoms with van der Waals surface area (Å²) < 4.78 is 64.3. The van der Waals surface area contributed by atoms with Gasteiger partial charge in [0, 0.05) is 51.7 Å². The fraction of sp³-hybridized carbons (Fsp3) is 0.771. The summed E-state index contributed by atoms with van der Waals surface area (Å²) >= 11 is 0. The molecule has 0 saturated carbocycles. The zero-order chi connectivity index (χ0) is 44.7. The monoisotopic (exact) mass is 872 g/mol. The lowest BCUT2D eigenvalue weighted by molar-refractivity contribution is -0.312. The SMILES string of the molecule is CN[C@H]1[C@@H](C)O[C@H](O[C@@H]2[C@@H](C)O[C@H](O[C@H]3/C(C)=C/C[C@H]4C[C@H](C[C@@]5(C=C[C@@H](C)[C@H](C(C)C)O5)O4)OC(=O)[C@H]4C=C(C)[C@H](O)[C@@H]5OC/C(=C\C=C\[C@H]3C)[C@]45O)C[C@H]2OC)C[C@H]1OC. The van der Waals surface area contributed by atoms with Crippen molar-refractivity contribution in [1.29, 1.82) is 0 Å². The molecule has 1 aliphatic carbocycles. The van der Waals surface area contributed by atoms with Crippen molar-refractivity contribution in [1.82, 2.24) is 5.32 Å². The summed E-state index contributed by atoms with van der Waals surface area (Å²) in [4.78, 5) is 14.3. The van der Waals surface area contributed by atoms with Gasteiger partial charge >= 0.3 is 5.97 Å². The van der Waals surface area contributed by atoms with E-state index in [0.717, 1.165) is 5.57 Å². The van der Waals surface area contributed by atoms with Gasteiger partial charge in [-0.15, -0.1) is 0 Å². The number of rotatable bonds is 8. The molecule has 14 nitrogen and oxygen atoms in total. The Hall–Kier alpha value is -2.31. The number of ether oxygens (including phenoxy) is 10. The molecule has 0 aromatic carbocycles. The number of likely N-dealkylation sites (N-methyl/N-ethyl adjacent to an activating group) is 1. The third-order valence-electron chi connectivity index (χ3n) is 14.3. The molecule has 1 spiro atoms. The summed E-state index contributed by atoms with van der Waals surface area (Å²) in [6, 6.07) is 0.0445. The number of allylic oxidation sites excluding steroid dienone is 2. The molecular weight excluding hydrogens is 799 g/mol. The Morgan fingerprint density at radius 3 is 2.31 bits per heavy atom. The van der Waals surface area contributed by atoms with Crippen LogP contribution in [0.1, 0.15) is 87.5 Å². The van der Waals surface area contributed by atoms with E-state index in [1.165, 1.54) is 0 Å². The first-order valence-corrected chi connectivity index (χ1v) is 22.9. The molecule has 6 aliphatic heterocycles. The van der Waals surface area contributed by atoms with Crippen molar-refractivity contribution in [2.24, 2.45) is 23.7 Å². The molecule has 0 aromatic rings. The average Bonchev–Trinajstić information content (AvgIpc) is 3.57. The highest BCUT2D eigenvalue weighted by molar-refractivity contribution is 5.78. The van der Waals surface area contributed by atoms with Crippen molar-refractivity contribution in [3.63, 3.8) is 0 Å². The van der Waals surface area contributed by atoms with Crippen molar-refractivity contribution in [2.45, 2.75) is 185 Å². The fourth-order valence-corrected chi connectivity index (χ4v) is 10.9. The van der Waals surface area contributed by atoms with E-state index in [1.54, 1.807) is 33.3 Å². The highest BCUT2D eigenvalue weighted by Gasteiger charge is 2.60. The minimum Gasteiger partial charge on any atom is -0.462 e. The van der Waals surface area contributed by atoms with Gasteiger partial charge in [-0.25, -0.2) is 0 Å². The number of hydrogen-bond donors (Lipinski definition) is 3. The Kier molecular flexibility index (Phi) is 15.1. The van der Waals surface area contributed by atoms with Gasteiger partial charge in [-0.3, -0.25) is 4.79 Å². The molecule has 6 heterocycles. The van der Waals surface area contributed by atoms with Gasteiger partial charge in [0.25, 0.3) is 0 Å². The number of carbonyl (C=O) groups excluding carboxylic acids is 1. The van der Waals surface area contributed by atoms with Crippen molar-refractivity contribution in [2.75, 3.05) is 27.9 Å². The standard InChI is InChI=1S/C48H73NO13/c1-25(2)42-28(5)17-18-47(62-42)23-34-20-33(61-47)16-15-27(4)43(26(3)13-12-14-32-24-55-45-41(50)29(6)19-35(46(51)58-34)48(32,45)52)59-39-22-37(54-11)44(31(8)57-39)60-38-21-36(53-10)40(49-9)30(7)56-38/h12-15,17-19,25-26,28,30-31,33-45,49-50,52H,16,20-24H2,1-11H3/b13-12+,27-15+,32-14+/t26-,28-,30-,31-,33+,34-,35-,36-,37-,38-,39-,40+,41+,42+,43-,44-,45+,47+,48+/m1/s1. The predicted octanol–water partition coefficient (Wildman–Crippen LogP) is 5.21. The van der Waals surface area contributed by atoms with Crippen LogP contribution < -0.4 is 5.32 Å². The molecule has 0 radical (unpaired) electrons. The van der Waals surface area contributed by atoms with E-state index in [-0.39, 0.29) is 67.0 Å². The normalized spacial score (nSPS) is 48.7. The van der Waals surface area contributed by atoms with Crippen LogP contribution in [-0.2, 0) is 52.2 Å². The molecule has 7 rings (SSSR count). The van der Waals surface area contributed by atoms with Gasteiger partial charge in [0.1, 0.15) is 35.9 Å². The summed E-state index contributed by atoms with van der Waals surface area (Å²) in [6.07, 6.45) is 9.72. The van der Waals surface area contributed by atoms with Crippen molar-refractivity contribution in [3.05, 3.63) is 59.3 Å². The Morgan fingerprint density at radius 1 is 0.887 bits per heavy atom. The predicted molar refractivity (Wildman–Crippen MR) is 230 cm³/mol. The zero-order valence-electron chi connectivity index (χ0n) is 38.6. The van der Waals surface area contributed by atoms with Gasteiger partial charge in [0.15, 0.2) is 18.4 Å². The molecule has 19 atom stereocenters. The second-order valence-corrected chi connectivity index (χ2v) is 19.1. The minimum atomic E-state index is -1.83. The maximum atomic E-state index is 14.3. The summed E-state index contributed by atoms with van der Waals surface area (Å²) in [5.41, 5.74) is 0.176. The number of aliphatic hydroxyl groups is 2. The van der Waals surface area contributed by atoms with E-state index in [2.05, 4.69) is 52.1 Å². The molecule has 3 N–H and O–H groups in total. The van der Waals surface area contributed by atoms with Crippen molar-refractivity contribution in [3.8, 4) is 0 Å². The molecule has 0 aromatic heterocycles. The average molecular weight is 872 g/mol. The van der Waals surface area contributed by atoms with Crippen LogP contribution in [0.25, 0.3) is 0 Å². The lowest BCUT2D eigenvalue weighted by Crippen LogP contribution is -2.58. The van der Waals surface area contributed by atoms with Crippen molar-refractivity contribution >= 4 is 5.97 Å². The molecule has 2 bridgehead atoms. The van der Waals surface area contributed by atoms with E-state index in [0.29, 0.717) is 43.3 Å². The Balaban J connectivity index is 1.17. The topological polar surface area (TPSA) is 162 Å². The molecule has 14 heteroatoms. The molecule has 0 amide bonds. The van der Waals surface area contributed by atoms with Gasteiger partial charge in [-0.2, -0.15) is 0 Å². The van der Waals surface area contributed by atoms with Crippen LogP contribution in [0, 0.1) is 23.7 Å². The quantitative estimate of drug-likeness (QED) is 0.215. The first-order valence-electron chi connectivity index (χ1n) is 22.9. The van der Waals surface area contributed by atoms with Crippen LogP contribution in [0.3, 0.4) is 0 Å². The molecule has 348 valence electrons. The smallest absolute Gasteiger partial charge is 0.316 e. The van der Waals surface area contributed by atoms with Gasteiger partial charge in [0.2, 0.25) is 0 Å². The molecule has 62 heavy (non-hydrogen) atoms. The molecule has 4 fully saturated rings. The van der Waals surface area contributed by atoms with Crippen molar-refractivity contribution < 1.29 is 62.4 Å². The third-order valence-corrected chi connectivity index (χ3v) is 14.3. The molecule has 7 aliphatic rings. The van der Waals surface area contributed by atoms with Crippen LogP contribution in [0.15, 0.2) is 59.3 Å². The third kappa shape index (κ3) is 9.64. The highest BCUT2D eigenvalue weighted by atomic mass is 16.7. The lowest BCUT2D eigenvalue weighted by atomic mass is 9.71. The van der Waals surface area contributed by atoms with Gasteiger partial charge in [-0.05, 0) is 69.9 Å². The number of aliphatic hydroxyl groups excluding tert-OH is 1. The number of nitrogens with one attached hydrogen (secondary N) is 1. The maximum absolute atomic E-state index is 14.3.